The van der Waals surface area contributed by atoms with Gasteiger partial charge in [0.05, 0.1) is 7.11 Å². The Morgan fingerprint density at radius 1 is 1.57 bits per heavy atom. The largest absolute Gasteiger partial charge is 0.510 e. The molecule has 0 unspecified atom stereocenters. The average molecular weight is 198 g/mol. The van der Waals surface area contributed by atoms with E-state index >= 15 is 0 Å². The summed E-state index contributed by atoms with van der Waals surface area (Å²) in [6.07, 6.45) is -1.40. The van der Waals surface area contributed by atoms with Crippen LogP contribution in [0.2, 0.25) is 0 Å². The van der Waals surface area contributed by atoms with E-state index in [0.717, 1.165) is 6.07 Å². The maximum Gasteiger partial charge on any atom is 0.138 e. The minimum absolute atomic E-state index is 0.0294. The van der Waals surface area contributed by atoms with E-state index in [1.165, 1.54) is 19.2 Å². The summed E-state index contributed by atoms with van der Waals surface area (Å²) in [5, 5.41) is 18.2. The summed E-state index contributed by atoms with van der Waals surface area (Å²) in [6, 6.07) is 3.95. The van der Waals surface area contributed by atoms with E-state index in [1.807, 2.05) is 0 Å². The van der Waals surface area contributed by atoms with Crippen LogP contribution in [-0.4, -0.2) is 17.3 Å². The van der Waals surface area contributed by atoms with E-state index in [9.17, 15) is 9.50 Å². The van der Waals surface area contributed by atoms with Crippen LogP contribution in [0.3, 0.4) is 0 Å². The lowest BCUT2D eigenvalue weighted by Crippen LogP contribution is -2.03. The van der Waals surface area contributed by atoms with Crippen molar-refractivity contribution >= 4 is 0 Å². The lowest BCUT2D eigenvalue weighted by atomic mass is 10.1. The zero-order chi connectivity index (χ0) is 10.7. The number of ether oxygens (including phenoxy) is 1. The fraction of sp³-hybridized carbons (Fsp3) is 0.200. The first kappa shape index (κ1) is 10.5. The summed E-state index contributed by atoms with van der Waals surface area (Å²) >= 11 is 0. The zero-order valence-electron chi connectivity index (χ0n) is 7.70. The molecule has 0 amide bonds. The third-order valence-corrected chi connectivity index (χ3v) is 1.82. The first-order valence-electron chi connectivity index (χ1n) is 3.95. The van der Waals surface area contributed by atoms with Gasteiger partial charge in [-0.25, -0.2) is 4.39 Å². The molecule has 1 atom stereocenters. The molecule has 4 heteroatoms. The van der Waals surface area contributed by atoms with Crippen LogP contribution in [0, 0.1) is 5.82 Å². The standard InChI is InChI=1S/C10H11FO3/c1-6(12)10(13)8-4-3-7(14-2)5-9(8)11/h3-5,10,12-13H,1H2,2H3/t10-/m0/s1. The summed E-state index contributed by atoms with van der Waals surface area (Å²) < 4.78 is 18.0. The Hall–Kier alpha value is -1.55. The van der Waals surface area contributed by atoms with Gasteiger partial charge in [-0.2, -0.15) is 0 Å². The highest BCUT2D eigenvalue weighted by molar-refractivity contribution is 5.32. The highest BCUT2D eigenvalue weighted by Crippen LogP contribution is 2.24. The first-order chi connectivity index (χ1) is 6.56. The van der Waals surface area contributed by atoms with Gasteiger partial charge >= 0.3 is 0 Å². The lowest BCUT2D eigenvalue weighted by molar-refractivity contribution is 0.152. The molecule has 2 N–H and O–H groups in total. The van der Waals surface area contributed by atoms with E-state index in [-0.39, 0.29) is 5.56 Å². The quantitative estimate of drug-likeness (QED) is 0.730. The van der Waals surface area contributed by atoms with E-state index in [0.29, 0.717) is 5.75 Å². The summed E-state index contributed by atoms with van der Waals surface area (Å²) in [4.78, 5) is 0. The molecule has 1 aromatic rings. The molecular weight excluding hydrogens is 187 g/mol. The number of aliphatic hydroxyl groups is 2. The fourth-order valence-corrected chi connectivity index (χ4v) is 1.04. The molecule has 1 rings (SSSR count). The van der Waals surface area contributed by atoms with Crippen LogP contribution < -0.4 is 4.74 Å². The minimum Gasteiger partial charge on any atom is -0.510 e. The minimum atomic E-state index is -1.40. The Balaban J connectivity index is 3.05. The van der Waals surface area contributed by atoms with Crippen LogP contribution in [0.15, 0.2) is 30.5 Å². The summed E-state index contributed by atoms with van der Waals surface area (Å²) in [5.41, 5.74) is -0.0294. The number of aliphatic hydroxyl groups excluding tert-OH is 2. The Morgan fingerprint density at radius 2 is 2.21 bits per heavy atom. The maximum absolute atomic E-state index is 13.3. The summed E-state index contributed by atoms with van der Waals surface area (Å²) in [6.45, 7) is 3.12. The molecule has 0 spiro atoms. The Bertz CT molecular complexity index is 349. The van der Waals surface area contributed by atoms with E-state index < -0.39 is 17.7 Å². The van der Waals surface area contributed by atoms with Gasteiger partial charge in [-0.1, -0.05) is 6.58 Å². The molecule has 3 nitrogen and oxygen atoms in total. The molecule has 0 bridgehead atoms. The highest BCUT2D eigenvalue weighted by atomic mass is 19.1. The van der Waals surface area contributed by atoms with E-state index in [2.05, 4.69) is 6.58 Å². The van der Waals surface area contributed by atoms with Gasteiger partial charge in [0.25, 0.3) is 0 Å². The van der Waals surface area contributed by atoms with Crippen molar-refractivity contribution in [3.05, 3.63) is 41.9 Å². The van der Waals surface area contributed by atoms with Crippen LogP contribution in [0.1, 0.15) is 11.7 Å². The number of methoxy groups -OCH3 is 1. The van der Waals surface area contributed by atoms with Gasteiger partial charge in [0, 0.05) is 11.6 Å². The van der Waals surface area contributed by atoms with Crippen molar-refractivity contribution in [1.29, 1.82) is 0 Å². The number of hydrogen-bond donors (Lipinski definition) is 2. The SMILES string of the molecule is C=C(O)[C@H](O)c1ccc(OC)cc1F. The molecule has 76 valence electrons. The highest BCUT2D eigenvalue weighted by Gasteiger charge is 2.15. The molecular formula is C10H11FO3. The van der Waals surface area contributed by atoms with Crippen LogP contribution in [-0.2, 0) is 0 Å². The second-order valence-electron chi connectivity index (χ2n) is 2.78. The van der Waals surface area contributed by atoms with Crippen LogP contribution in [0.25, 0.3) is 0 Å². The van der Waals surface area contributed by atoms with Gasteiger partial charge in [-0.05, 0) is 12.1 Å². The molecule has 0 heterocycles. The van der Waals surface area contributed by atoms with Gasteiger partial charge in [0.2, 0.25) is 0 Å². The molecule has 0 aliphatic carbocycles. The second kappa shape index (κ2) is 4.11. The van der Waals surface area contributed by atoms with Crippen molar-refractivity contribution in [2.75, 3.05) is 7.11 Å². The van der Waals surface area contributed by atoms with Crippen molar-refractivity contribution < 1.29 is 19.3 Å². The lowest BCUT2D eigenvalue weighted by Gasteiger charge is -2.10. The molecule has 0 saturated carbocycles. The third-order valence-electron chi connectivity index (χ3n) is 1.82. The number of rotatable bonds is 3. The monoisotopic (exact) mass is 198 g/mol. The Labute approximate surface area is 81.1 Å². The average Bonchev–Trinajstić information content (AvgIpc) is 2.16. The topological polar surface area (TPSA) is 49.7 Å². The van der Waals surface area contributed by atoms with E-state index in [1.54, 1.807) is 0 Å². The van der Waals surface area contributed by atoms with Gasteiger partial charge < -0.3 is 14.9 Å². The number of halogens is 1. The van der Waals surface area contributed by atoms with Crippen LogP contribution >= 0.6 is 0 Å². The molecule has 14 heavy (non-hydrogen) atoms. The molecule has 0 aromatic heterocycles. The zero-order valence-corrected chi connectivity index (χ0v) is 7.70. The van der Waals surface area contributed by atoms with Crippen molar-refractivity contribution in [3.8, 4) is 5.75 Å². The number of hydrogen-bond acceptors (Lipinski definition) is 3. The molecule has 1 aromatic carbocycles. The van der Waals surface area contributed by atoms with E-state index in [4.69, 9.17) is 9.84 Å². The predicted octanol–water partition coefficient (Wildman–Crippen LogP) is 1.94. The molecule has 0 fully saturated rings. The molecule has 0 aliphatic heterocycles. The van der Waals surface area contributed by atoms with Crippen molar-refractivity contribution in [1.82, 2.24) is 0 Å². The Morgan fingerprint density at radius 3 is 2.64 bits per heavy atom. The number of benzene rings is 1. The molecule has 0 saturated heterocycles. The van der Waals surface area contributed by atoms with Gasteiger partial charge in [0.1, 0.15) is 23.4 Å². The third kappa shape index (κ3) is 2.03. The summed E-state index contributed by atoms with van der Waals surface area (Å²) in [7, 11) is 1.41. The first-order valence-corrected chi connectivity index (χ1v) is 3.95. The van der Waals surface area contributed by atoms with Crippen molar-refractivity contribution in [2.45, 2.75) is 6.10 Å². The van der Waals surface area contributed by atoms with Crippen molar-refractivity contribution in [3.63, 3.8) is 0 Å². The molecule has 0 radical (unpaired) electrons. The predicted molar refractivity (Wildman–Crippen MR) is 49.7 cm³/mol. The summed E-state index contributed by atoms with van der Waals surface area (Å²) in [5.74, 6) is -0.789. The fourth-order valence-electron chi connectivity index (χ4n) is 1.04. The van der Waals surface area contributed by atoms with Crippen molar-refractivity contribution in [2.24, 2.45) is 0 Å². The second-order valence-corrected chi connectivity index (χ2v) is 2.78. The maximum atomic E-state index is 13.3. The van der Waals surface area contributed by atoms with Crippen LogP contribution in [0.5, 0.6) is 5.75 Å². The van der Waals surface area contributed by atoms with Gasteiger partial charge in [-0.15, -0.1) is 0 Å². The van der Waals surface area contributed by atoms with Gasteiger partial charge in [-0.3, -0.25) is 0 Å². The normalized spacial score (nSPS) is 12.2. The van der Waals surface area contributed by atoms with Gasteiger partial charge in [0.15, 0.2) is 0 Å². The smallest absolute Gasteiger partial charge is 0.138 e. The Kier molecular flexibility index (Phi) is 3.09. The van der Waals surface area contributed by atoms with Crippen LogP contribution in [0.4, 0.5) is 4.39 Å². The molecule has 0 aliphatic rings.